The molecule has 1 aromatic rings. The van der Waals surface area contributed by atoms with E-state index in [1.165, 1.54) is 18.4 Å². The van der Waals surface area contributed by atoms with E-state index in [4.69, 9.17) is 5.73 Å². The molecule has 1 aliphatic heterocycles. The normalized spacial score (nSPS) is 25.8. The summed E-state index contributed by atoms with van der Waals surface area (Å²) in [5.74, 6) is 1.74. The van der Waals surface area contributed by atoms with Gasteiger partial charge >= 0.3 is 0 Å². The Hall–Kier alpha value is -1.09. The van der Waals surface area contributed by atoms with Crippen LogP contribution in [-0.4, -0.2) is 24.1 Å². The van der Waals surface area contributed by atoms with Crippen molar-refractivity contribution >= 4 is 5.82 Å². The van der Waals surface area contributed by atoms with Crippen LogP contribution in [0.15, 0.2) is 18.3 Å². The quantitative estimate of drug-likeness (QED) is 0.826. The fraction of sp³-hybridized carbons (Fsp3) is 0.615. The van der Waals surface area contributed by atoms with Crippen molar-refractivity contribution in [2.75, 3.05) is 18.0 Å². The largest absolute Gasteiger partial charge is 0.352 e. The molecule has 1 saturated heterocycles. The molecule has 1 aromatic heterocycles. The maximum Gasteiger partial charge on any atom is 0.128 e. The van der Waals surface area contributed by atoms with Gasteiger partial charge in [0.1, 0.15) is 5.82 Å². The molecule has 16 heavy (non-hydrogen) atoms. The van der Waals surface area contributed by atoms with Gasteiger partial charge in [-0.15, -0.1) is 0 Å². The lowest BCUT2D eigenvalue weighted by molar-refractivity contribution is 0.348. The van der Waals surface area contributed by atoms with Gasteiger partial charge in [0, 0.05) is 25.3 Å². The first-order chi connectivity index (χ1) is 7.72. The Morgan fingerprint density at radius 2 is 2.31 bits per heavy atom. The van der Waals surface area contributed by atoms with Crippen LogP contribution in [0.5, 0.6) is 0 Å². The van der Waals surface area contributed by atoms with Gasteiger partial charge in [0.25, 0.3) is 0 Å². The summed E-state index contributed by atoms with van der Waals surface area (Å²) in [6, 6.07) is 4.68. The number of aryl methyl sites for hydroxylation is 1. The van der Waals surface area contributed by atoms with Crippen LogP contribution in [0, 0.1) is 12.8 Å². The van der Waals surface area contributed by atoms with Gasteiger partial charge in [-0.25, -0.2) is 4.98 Å². The van der Waals surface area contributed by atoms with Crippen LogP contribution in [0.4, 0.5) is 5.82 Å². The summed E-state index contributed by atoms with van der Waals surface area (Å²) in [7, 11) is 0. The third kappa shape index (κ3) is 2.19. The second-order valence-electron chi connectivity index (χ2n) is 4.81. The van der Waals surface area contributed by atoms with Gasteiger partial charge in [-0.2, -0.15) is 0 Å². The number of hydrogen-bond donors (Lipinski definition) is 1. The summed E-state index contributed by atoms with van der Waals surface area (Å²) < 4.78 is 0. The molecule has 0 radical (unpaired) electrons. The second kappa shape index (κ2) is 4.83. The zero-order chi connectivity index (χ0) is 11.5. The molecule has 2 unspecified atom stereocenters. The first kappa shape index (κ1) is 11.4. The molecule has 2 atom stereocenters. The van der Waals surface area contributed by atoms with Crippen LogP contribution in [0.25, 0.3) is 0 Å². The third-order valence-electron chi connectivity index (χ3n) is 3.55. The molecule has 2 N–H and O–H groups in total. The van der Waals surface area contributed by atoms with Gasteiger partial charge in [-0.3, -0.25) is 0 Å². The minimum atomic E-state index is 0.448. The zero-order valence-corrected chi connectivity index (χ0v) is 10.2. The summed E-state index contributed by atoms with van der Waals surface area (Å²) in [6.07, 6.45) is 4.46. The summed E-state index contributed by atoms with van der Waals surface area (Å²) >= 11 is 0. The molecule has 0 aromatic carbocycles. The Morgan fingerprint density at radius 1 is 1.50 bits per heavy atom. The lowest BCUT2D eigenvalue weighted by Gasteiger charge is -2.40. The Kier molecular flexibility index (Phi) is 3.44. The Morgan fingerprint density at radius 3 is 2.94 bits per heavy atom. The number of hydrogen-bond acceptors (Lipinski definition) is 3. The lowest BCUT2D eigenvalue weighted by Crippen LogP contribution is -2.49. The van der Waals surface area contributed by atoms with E-state index in [0.29, 0.717) is 12.0 Å². The van der Waals surface area contributed by atoms with E-state index in [1.54, 1.807) is 0 Å². The molecule has 3 heteroatoms. The maximum absolute atomic E-state index is 5.88. The van der Waals surface area contributed by atoms with E-state index in [2.05, 4.69) is 35.9 Å². The number of aromatic nitrogens is 1. The molecule has 0 spiro atoms. The predicted molar refractivity (Wildman–Crippen MR) is 67.6 cm³/mol. The van der Waals surface area contributed by atoms with Crippen molar-refractivity contribution in [1.82, 2.24) is 4.98 Å². The molecular weight excluding hydrogens is 198 g/mol. The van der Waals surface area contributed by atoms with Crippen LogP contribution in [0.2, 0.25) is 0 Å². The van der Waals surface area contributed by atoms with Crippen LogP contribution in [0.1, 0.15) is 25.3 Å². The molecule has 88 valence electrons. The monoisotopic (exact) mass is 219 g/mol. The molecule has 2 heterocycles. The number of piperidine rings is 1. The first-order valence-electron chi connectivity index (χ1n) is 6.11. The van der Waals surface area contributed by atoms with Gasteiger partial charge in [-0.1, -0.05) is 13.0 Å². The minimum absolute atomic E-state index is 0.448. The summed E-state index contributed by atoms with van der Waals surface area (Å²) in [4.78, 5) is 6.87. The number of pyridine rings is 1. The highest BCUT2D eigenvalue weighted by atomic mass is 15.2. The van der Waals surface area contributed by atoms with Crippen molar-refractivity contribution in [3.63, 3.8) is 0 Å². The van der Waals surface area contributed by atoms with Crippen LogP contribution in [-0.2, 0) is 0 Å². The van der Waals surface area contributed by atoms with E-state index >= 15 is 0 Å². The second-order valence-corrected chi connectivity index (χ2v) is 4.81. The van der Waals surface area contributed by atoms with Crippen LogP contribution < -0.4 is 10.6 Å². The number of nitrogens with zero attached hydrogens (tertiary/aromatic N) is 2. The maximum atomic E-state index is 5.88. The molecule has 1 fully saturated rings. The van der Waals surface area contributed by atoms with E-state index in [-0.39, 0.29) is 0 Å². The van der Waals surface area contributed by atoms with Crippen molar-refractivity contribution in [2.45, 2.75) is 32.7 Å². The smallest absolute Gasteiger partial charge is 0.128 e. The van der Waals surface area contributed by atoms with Gasteiger partial charge in [-0.05, 0) is 37.3 Å². The summed E-state index contributed by atoms with van der Waals surface area (Å²) in [5.41, 5.74) is 7.09. The first-order valence-corrected chi connectivity index (χ1v) is 6.11. The average Bonchev–Trinajstić information content (AvgIpc) is 2.30. The van der Waals surface area contributed by atoms with Crippen LogP contribution in [0.3, 0.4) is 0 Å². The minimum Gasteiger partial charge on any atom is -0.352 e. The van der Waals surface area contributed by atoms with Gasteiger partial charge in [0.05, 0.1) is 0 Å². The molecule has 0 amide bonds. The molecular formula is C13H21N3. The van der Waals surface area contributed by atoms with Crippen molar-refractivity contribution in [2.24, 2.45) is 11.7 Å². The highest BCUT2D eigenvalue weighted by Gasteiger charge is 2.27. The average molecular weight is 219 g/mol. The van der Waals surface area contributed by atoms with E-state index in [1.807, 2.05) is 6.20 Å². The summed E-state index contributed by atoms with van der Waals surface area (Å²) in [5, 5.41) is 0. The van der Waals surface area contributed by atoms with Gasteiger partial charge in [0.15, 0.2) is 0 Å². The lowest BCUT2D eigenvalue weighted by atomic mass is 9.91. The van der Waals surface area contributed by atoms with Gasteiger partial charge in [0.2, 0.25) is 0 Å². The van der Waals surface area contributed by atoms with Crippen LogP contribution >= 0.6 is 0 Å². The third-order valence-corrected chi connectivity index (χ3v) is 3.55. The van der Waals surface area contributed by atoms with E-state index in [0.717, 1.165) is 18.9 Å². The number of nitrogens with two attached hydrogens (primary N) is 1. The fourth-order valence-electron chi connectivity index (χ4n) is 2.52. The molecule has 1 aliphatic rings. The Labute approximate surface area is 97.7 Å². The topological polar surface area (TPSA) is 42.1 Å². The zero-order valence-electron chi connectivity index (χ0n) is 10.2. The SMILES string of the molecule is Cc1ccc(N2CCCC(C)C2CN)nc1. The predicted octanol–water partition coefficient (Wildman–Crippen LogP) is 1.95. The Balaban J connectivity index is 2.20. The highest BCUT2D eigenvalue weighted by molar-refractivity contribution is 5.41. The van der Waals surface area contributed by atoms with Crippen molar-refractivity contribution in [3.8, 4) is 0 Å². The molecule has 2 rings (SSSR count). The standard InChI is InChI=1S/C13H21N3/c1-10-5-6-13(15-9-10)16-7-3-4-11(2)12(16)8-14/h5-6,9,11-12H,3-4,7-8,14H2,1-2H3. The van der Waals surface area contributed by atoms with Crippen molar-refractivity contribution in [3.05, 3.63) is 23.9 Å². The Bertz CT molecular complexity index is 334. The molecule has 0 aliphatic carbocycles. The van der Waals surface area contributed by atoms with Crippen molar-refractivity contribution in [1.29, 1.82) is 0 Å². The molecule has 0 bridgehead atoms. The number of rotatable bonds is 2. The highest BCUT2D eigenvalue weighted by Crippen LogP contribution is 2.26. The van der Waals surface area contributed by atoms with E-state index < -0.39 is 0 Å². The van der Waals surface area contributed by atoms with E-state index in [9.17, 15) is 0 Å². The molecule has 3 nitrogen and oxygen atoms in total. The fourth-order valence-corrected chi connectivity index (χ4v) is 2.52. The number of anilines is 1. The summed E-state index contributed by atoms with van der Waals surface area (Å²) in [6.45, 7) is 6.16. The molecule has 0 saturated carbocycles. The van der Waals surface area contributed by atoms with Crippen molar-refractivity contribution < 1.29 is 0 Å². The van der Waals surface area contributed by atoms with Gasteiger partial charge < -0.3 is 10.6 Å².